The number of ether oxygens (including phenoxy) is 2. The van der Waals surface area contributed by atoms with Gasteiger partial charge >= 0.3 is 5.97 Å². The van der Waals surface area contributed by atoms with Gasteiger partial charge in [0.2, 0.25) is 5.88 Å². The van der Waals surface area contributed by atoms with Crippen LogP contribution in [-0.2, 0) is 11.3 Å². The molecule has 0 bridgehead atoms. The Morgan fingerprint density at radius 3 is 2.60 bits per heavy atom. The first-order valence-electron chi connectivity index (χ1n) is 6.49. The molecule has 0 radical (unpaired) electrons. The van der Waals surface area contributed by atoms with Gasteiger partial charge in [0.25, 0.3) is 0 Å². The Balaban J connectivity index is 2.05. The van der Waals surface area contributed by atoms with E-state index < -0.39 is 5.97 Å². The van der Waals surface area contributed by atoms with Gasteiger partial charge in [-0.25, -0.2) is 9.78 Å². The number of esters is 1. The number of hydrogen-bond acceptors (Lipinski definition) is 4. The smallest absolute Gasteiger partial charge is 0.343 e. The number of hydrogen-bond donors (Lipinski definition) is 0. The van der Waals surface area contributed by atoms with Crippen molar-refractivity contribution in [3.8, 4) is 5.88 Å². The second-order valence-electron chi connectivity index (χ2n) is 4.58. The minimum absolute atomic E-state index is 0.0504. The Hall–Kier alpha value is -2.36. The predicted molar refractivity (Wildman–Crippen MR) is 75.6 cm³/mol. The van der Waals surface area contributed by atoms with Crippen LogP contribution in [0.4, 0.5) is 0 Å². The van der Waals surface area contributed by atoms with Crippen molar-refractivity contribution in [3.05, 3.63) is 59.8 Å². The standard InChI is InChI=1S/C16H17NO3/c1-12(2)20-15-14(9-6-10-17-15)16(18)19-11-13-7-4-3-5-8-13/h3-10,12H,11H2,1-2H3. The molecule has 4 heteroatoms. The highest BCUT2D eigenvalue weighted by atomic mass is 16.5. The molecular weight excluding hydrogens is 254 g/mol. The molecule has 0 aliphatic carbocycles. The average Bonchev–Trinajstić information content (AvgIpc) is 2.46. The molecule has 0 unspecified atom stereocenters. The number of nitrogens with zero attached hydrogens (tertiary/aromatic N) is 1. The van der Waals surface area contributed by atoms with Crippen molar-refractivity contribution in [3.63, 3.8) is 0 Å². The van der Waals surface area contributed by atoms with Crippen LogP contribution in [0.1, 0.15) is 29.8 Å². The maximum atomic E-state index is 12.1. The van der Waals surface area contributed by atoms with Crippen molar-refractivity contribution >= 4 is 5.97 Å². The molecular formula is C16H17NO3. The second kappa shape index (κ2) is 6.70. The highest BCUT2D eigenvalue weighted by Gasteiger charge is 2.15. The molecule has 0 fully saturated rings. The molecule has 0 aliphatic rings. The first-order chi connectivity index (χ1) is 9.66. The molecule has 20 heavy (non-hydrogen) atoms. The normalized spacial score (nSPS) is 10.3. The summed E-state index contributed by atoms with van der Waals surface area (Å²) in [6.07, 6.45) is 1.54. The molecule has 1 heterocycles. The molecule has 0 atom stereocenters. The number of aromatic nitrogens is 1. The quantitative estimate of drug-likeness (QED) is 0.783. The Morgan fingerprint density at radius 2 is 1.90 bits per heavy atom. The molecule has 2 aromatic rings. The van der Waals surface area contributed by atoms with E-state index in [1.54, 1.807) is 18.3 Å². The third-order valence-electron chi connectivity index (χ3n) is 2.55. The summed E-state index contributed by atoms with van der Waals surface area (Å²) < 4.78 is 10.8. The Kier molecular flexibility index (Phi) is 4.71. The van der Waals surface area contributed by atoms with E-state index in [9.17, 15) is 4.79 Å². The van der Waals surface area contributed by atoms with Gasteiger partial charge in [0.15, 0.2) is 0 Å². The van der Waals surface area contributed by atoms with Crippen LogP contribution in [0.25, 0.3) is 0 Å². The molecule has 0 aliphatic heterocycles. The fourth-order valence-corrected chi connectivity index (χ4v) is 1.66. The van der Waals surface area contributed by atoms with E-state index in [-0.39, 0.29) is 12.7 Å². The van der Waals surface area contributed by atoms with Gasteiger partial charge in [0.1, 0.15) is 12.2 Å². The fourth-order valence-electron chi connectivity index (χ4n) is 1.66. The number of carbonyl (C=O) groups is 1. The topological polar surface area (TPSA) is 48.4 Å². The van der Waals surface area contributed by atoms with Gasteiger partial charge in [-0.05, 0) is 31.5 Å². The van der Waals surface area contributed by atoms with Crippen molar-refractivity contribution in [2.75, 3.05) is 0 Å². The summed E-state index contributed by atoms with van der Waals surface area (Å²) >= 11 is 0. The van der Waals surface area contributed by atoms with Crippen LogP contribution in [0.2, 0.25) is 0 Å². The first-order valence-corrected chi connectivity index (χ1v) is 6.49. The zero-order chi connectivity index (χ0) is 14.4. The number of benzene rings is 1. The zero-order valence-corrected chi connectivity index (χ0v) is 11.6. The van der Waals surface area contributed by atoms with E-state index in [4.69, 9.17) is 9.47 Å². The van der Waals surface area contributed by atoms with Gasteiger partial charge in [0.05, 0.1) is 6.10 Å². The molecule has 104 valence electrons. The molecule has 1 aromatic carbocycles. The Bertz CT molecular complexity index is 567. The third-order valence-corrected chi connectivity index (χ3v) is 2.55. The van der Waals surface area contributed by atoms with Crippen LogP contribution in [-0.4, -0.2) is 17.1 Å². The highest BCUT2D eigenvalue weighted by molar-refractivity contribution is 5.91. The van der Waals surface area contributed by atoms with Crippen LogP contribution >= 0.6 is 0 Å². The molecule has 0 saturated carbocycles. The van der Waals surface area contributed by atoms with Crippen LogP contribution in [0, 0.1) is 0 Å². The minimum atomic E-state index is -0.433. The van der Waals surface area contributed by atoms with E-state index >= 15 is 0 Å². The molecule has 0 saturated heterocycles. The molecule has 0 spiro atoms. The van der Waals surface area contributed by atoms with Gasteiger partial charge in [-0.3, -0.25) is 0 Å². The monoisotopic (exact) mass is 271 g/mol. The SMILES string of the molecule is CC(C)Oc1ncccc1C(=O)OCc1ccccc1. The molecule has 0 amide bonds. The van der Waals surface area contributed by atoms with Crippen LogP contribution < -0.4 is 4.74 Å². The number of carbonyl (C=O) groups excluding carboxylic acids is 1. The van der Waals surface area contributed by atoms with Crippen molar-refractivity contribution in [1.29, 1.82) is 0 Å². The second-order valence-corrected chi connectivity index (χ2v) is 4.58. The largest absolute Gasteiger partial charge is 0.474 e. The lowest BCUT2D eigenvalue weighted by molar-refractivity contribution is 0.0465. The van der Waals surface area contributed by atoms with Crippen LogP contribution in [0.15, 0.2) is 48.7 Å². The highest BCUT2D eigenvalue weighted by Crippen LogP contribution is 2.17. The summed E-state index contributed by atoms with van der Waals surface area (Å²) in [6, 6.07) is 12.9. The lowest BCUT2D eigenvalue weighted by Crippen LogP contribution is -2.13. The van der Waals surface area contributed by atoms with Gasteiger partial charge in [-0.15, -0.1) is 0 Å². The molecule has 0 N–H and O–H groups in total. The third kappa shape index (κ3) is 3.82. The zero-order valence-electron chi connectivity index (χ0n) is 11.6. The minimum Gasteiger partial charge on any atom is -0.474 e. The number of pyridine rings is 1. The first kappa shape index (κ1) is 14.1. The Morgan fingerprint density at radius 1 is 1.15 bits per heavy atom. The summed E-state index contributed by atoms with van der Waals surface area (Å²) in [6.45, 7) is 4.00. The van der Waals surface area contributed by atoms with E-state index in [1.165, 1.54) is 0 Å². The van der Waals surface area contributed by atoms with E-state index in [0.29, 0.717) is 11.4 Å². The van der Waals surface area contributed by atoms with Crippen molar-refractivity contribution in [1.82, 2.24) is 4.98 Å². The predicted octanol–water partition coefficient (Wildman–Crippen LogP) is 3.23. The van der Waals surface area contributed by atoms with E-state index in [1.807, 2.05) is 44.2 Å². The maximum Gasteiger partial charge on any atom is 0.343 e. The van der Waals surface area contributed by atoms with Gasteiger partial charge in [0, 0.05) is 6.20 Å². The summed E-state index contributed by atoms with van der Waals surface area (Å²) in [5, 5.41) is 0. The fraction of sp³-hybridized carbons (Fsp3) is 0.250. The summed E-state index contributed by atoms with van der Waals surface area (Å²) in [5.41, 5.74) is 1.29. The lowest BCUT2D eigenvalue weighted by atomic mass is 10.2. The van der Waals surface area contributed by atoms with Crippen molar-refractivity contribution in [2.45, 2.75) is 26.6 Å². The maximum absolute atomic E-state index is 12.1. The summed E-state index contributed by atoms with van der Waals surface area (Å²) in [5.74, 6) is -0.127. The average molecular weight is 271 g/mol. The van der Waals surface area contributed by atoms with E-state index in [2.05, 4.69) is 4.98 Å². The molecule has 2 rings (SSSR count). The van der Waals surface area contributed by atoms with Gasteiger partial charge < -0.3 is 9.47 Å². The molecule has 4 nitrogen and oxygen atoms in total. The van der Waals surface area contributed by atoms with Crippen molar-refractivity contribution in [2.24, 2.45) is 0 Å². The van der Waals surface area contributed by atoms with Crippen molar-refractivity contribution < 1.29 is 14.3 Å². The summed E-state index contributed by atoms with van der Waals surface area (Å²) in [7, 11) is 0. The number of rotatable bonds is 5. The van der Waals surface area contributed by atoms with Crippen LogP contribution in [0.5, 0.6) is 5.88 Å². The molecule has 1 aromatic heterocycles. The van der Waals surface area contributed by atoms with Gasteiger partial charge in [-0.1, -0.05) is 30.3 Å². The Labute approximate surface area is 118 Å². The van der Waals surface area contributed by atoms with Gasteiger partial charge in [-0.2, -0.15) is 0 Å². The lowest BCUT2D eigenvalue weighted by Gasteiger charge is -2.12. The van der Waals surface area contributed by atoms with Crippen LogP contribution in [0.3, 0.4) is 0 Å². The van der Waals surface area contributed by atoms with E-state index in [0.717, 1.165) is 5.56 Å². The summed E-state index contributed by atoms with van der Waals surface area (Å²) in [4.78, 5) is 16.1.